The van der Waals surface area contributed by atoms with Crippen molar-refractivity contribution in [1.29, 1.82) is 0 Å². The normalized spacial score (nSPS) is 17.9. The molecule has 2 aromatic rings. The first kappa shape index (κ1) is 12.4. The predicted molar refractivity (Wildman–Crippen MR) is 76.3 cm³/mol. The molecule has 0 atom stereocenters. The fourth-order valence-corrected chi connectivity index (χ4v) is 2.74. The number of fused-ring (bicyclic) bond motifs is 1. The van der Waals surface area contributed by atoms with Gasteiger partial charge >= 0.3 is 0 Å². The summed E-state index contributed by atoms with van der Waals surface area (Å²) in [5, 5.41) is 7.66. The van der Waals surface area contributed by atoms with Gasteiger partial charge in [-0.25, -0.2) is 9.50 Å². The molecule has 5 nitrogen and oxygen atoms in total. The molecule has 1 fully saturated rings. The van der Waals surface area contributed by atoms with Crippen LogP contribution >= 0.6 is 0 Å². The molecule has 2 aromatic heterocycles. The maximum absolute atomic E-state index is 4.39. The standard InChI is InChI=1S/C14H21N5/c1-18-9-4-12(5-10-18)2-6-15-14-13-3-7-17-19(13)11-8-16-14/h3,7-8,11-12H,2,4-6,9-10H2,1H3,(H,15,16). The van der Waals surface area contributed by atoms with Crippen LogP contribution in [0.1, 0.15) is 19.3 Å². The van der Waals surface area contributed by atoms with Gasteiger partial charge < -0.3 is 10.2 Å². The zero-order valence-electron chi connectivity index (χ0n) is 11.4. The minimum absolute atomic E-state index is 0.855. The van der Waals surface area contributed by atoms with E-state index in [0.29, 0.717) is 0 Å². The Kier molecular flexibility index (Phi) is 3.64. The molecule has 0 aromatic carbocycles. The Morgan fingerprint density at radius 2 is 2.16 bits per heavy atom. The zero-order valence-corrected chi connectivity index (χ0v) is 11.4. The van der Waals surface area contributed by atoms with Crippen molar-refractivity contribution in [2.24, 2.45) is 5.92 Å². The monoisotopic (exact) mass is 259 g/mol. The SMILES string of the molecule is CN1CCC(CCNc2nccn3nccc23)CC1. The topological polar surface area (TPSA) is 45.5 Å². The van der Waals surface area contributed by atoms with Gasteiger partial charge in [-0.3, -0.25) is 0 Å². The van der Waals surface area contributed by atoms with Gasteiger partial charge in [-0.15, -0.1) is 0 Å². The molecule has 0 radical (unpaired) electrons. The summed E-state index contributed by atoms with van der Waals surface area (Å²) in [4.78, 5) is 6.81. The van der Waals surface area contributed by atoms with Crippen LogP contribution in [0.5, 0.6) is 0 Å². The van der Waals surface area contributed by atoms with Crippen LogP contribution in [0.25, 0.3) is 5.52 Å². The lowest BCUT2D eigenvalue weighted by molar-refractivity contribution is 0.215. The molecule has 1 aliphatic heterocycles. The summed E-state index contributed by atoms with van der Waals surface area (Å²) >= 11 is 0. The zero-order chi connectivity index (χ0) is 13.1. The summed E-state index contributed by atoms with van der Waals surface area (Å²) in [5.41, 5.74) is 1.05. The van der Waals surface area contributed by atoms with Crippen molar-refractivity contribution in [2.75, 3.05) is 32.0 Å². The third-order valence-electron chi connectivity index (χ3n) is 4.01. The molecule has 3 rings (SSSR count). The Hall–Kier alpha value is -1.62. The first-order chi connectivity index (χ1) is 9.33. The van der Waals surface area contributed by atoms with Crippen LogP contribution in [0.15, 0.2) is 24.7 Å². The maximum Gasteiger partial charge on any atom is 0.152 e. The molecule has 102 valence electrons. The lowest BCUT2D eigenvalue weighted by Crippen LogP contribution is -2.30. The van der Waals surface area contributed by atoms with E-state index in [0.717, 1.165) is 23.8 Å². The summed E-state index contributed by atoms with van der Waals surface area (Å²) in [6, 6.07) is 1.99. The van der Waals surface area contributed by atoms with Crippen LogP contribution < -0.4 is 5.32 Å². The molecular weight excluding hydrogens is 238 g/mol. The van der Waals surface area contributed by atoms with Gasteiger partial charge in [0.15, 0.2) is 5.82 Å². The van der Waals surface area contributed by atoms with E-state index in [2.05, 4.69) is 27.3 Å². The van der Waals surface area contributed by atoms with Crippen molar-refractivity contribution >= 4 is 11.3 Å². The smallest absolute Gasteiger partial charge is 0.152 e. The van der Waals surface area contributed by atoms with E-state index in [4.69, 9.17) is 0 Å². The van der Waals surface area contributed by atoms with Crippen molar-refractivity contribution in [1.82, 2.24) is 19.5 Å². The Bertz CT molecular complexity index is 527. The van der Waals surface area contributed by atoms with E-state index >= 15 is 0 Å². The van der Waals surface area contributed by atoms with Crippen molar-refractivity contribution in [3.63, 3.8) is 0 Å². The highest BCUT2D eigenvalue weighted by molar-refractivity contribution is 5.66. The van der Waals surface area contributed by atoms with Gasteiger partial charge in [0.1, 0.15) is 5.52 Å². The number of rotatable bonds is 4. The molecule has 0 amide bonds. The Balaban J connectivity index is 1.53. The number of hydrogen-bond acceptors (Lipinski definition) is 4. The third kappa shape index (κ3) is 2.87. The van der Waals surface area contributed by atoms with Crippen molar-refractivity contribution in [3.8, 4) is 0 Å². The van der Waals surface area contributed by atoms with E-state index in [1.165, 1.54) is 32.4 Å². The van der Waals surface area contributed by atoms with Gasteiger partial charge in [0.25, 0.3) is 0 Å². The minimum Gasteiger partial charge on any atom is -0.368 e. The fourth-order valence-electron chi connectivity index (χ4n) is 2.74. The van der Waals surface area contributed by atoms with Crippen LogP contribution in [0.4, 0.5) is 5.82 Å². The fraction of sp³-hybridized carbons (Fsp3) is 0.571. The van der Waals surface area contributed by atoms with Gasteiger partial charge in [0, 0.05) is 18.9 Å². The number of nitrogens with one attached hydrogen (secondary N) is 1. The van der Waals surface area contributed by atoms with Crippen LogP contribution in [-0.2, 0) is 0 Å². The van der Waals surface area contributed by atoms with Gasteiger partial charge in [-0.1, -0.05) is 0 Å². The van der Waals surface area contributed by atoms with E-state index in [9.17, 15) is 0 Å². The van der Waals surface area contributed by atoms with E-state index in [1.54, 1.807) is 12.4 Å². The quantitative estimate of drug-likeness (QED) is 0.910. The van der Waals surface area contributed by atoms with Crippen molar-refractivity contribution in [3.05, 3.63) is 24.7 Å². The third-order valence-corrected chi connectivity index (χ3v) is 4.01. The molecule has 1 aliphatic rings. The van der Waals surface area contributed by atoms with Gasteiger partial charge in [0.2, 0.25) is 0 Å². The average Bonchev–Trinajstić information content (AvgIpc) is 2.90. The largest absolute Gasteiger partial charge is 0.368 e. The second-order valence-electron chi connectivity index (χ2n) is 5.40. The summed E-state index contributed by atoms with van der Waals surface area (Å²) in [5.74, 6) is 1.79. The van der Waals surface area contributed by atoms with E-state index < -0.39 is 0 Å². The number of piperidine rings is 1. The van der Waals surface area contributed by atoms with Crippen LogP contribution in [-0.4, -0.2) is 46.2 Å². The first-order valence-electron chi connectivity index (χ1n) is 7.04. The molecule has 19 heavy (non-hydrogen) atoms. The number of hydrogen-bond donors (Lipinski definition) is 1. The maximum atomic E-state index is 4.39. The van der Waals surface area contributed by atoms with E-state index in [-0.39, 0.29) is 0 Å². The molecule has 1 N–H and O–H groups in total. The molecule has 0 unspecified atom stereocenters. The summed E-state index contributed by atoms with van der Waals surface area (Å²) < 4.78 is 1.85. The number of aromatic nitrogens is 3. The predicted octanol–water partition coefficient (Wildman–Crippen LogP) is 1.87. The van der Waals surface area contributed by atoms with Gasteiger partial charge in [-0.2, -0.15) is 5.10 Å². The number of likely N-dealkylation sites (tertiary alicyclic amines) is 1. The first-order valence-corrected chi connectivity index (χ1v) is 7.04. The Morgan fingerprint density at radius 3 is 3.00 bits per heavy atom. The molecular formula is C14H21N5. The number of anilines is 1. The summed E-state index contributed by atoms with van der Waals surface area (Å²) in [6.07, 6.45) is 9.34. The summed E-state index contributed by atoms with van der Waals surface area (Å²) in [6.45, 7) is 3.47. The lowest BCUT2D eigenvalue weighted by atomic mass is 9.94. The summed E-state index contributed by atoms with van der Waals surface area (Å²) in [7, 11) is 2.21. The van der Waals surface area contributed by atoms with Crippen molar-refractivity contribution < 1.29 is 0 Å². The van der Waals surface area contributed by atoms with E-state index in [1.807, 2.05) is 16.8 Å². The van der Waals surface area contributed by atoms with Gasteiger partial charge in [0.05, 0.1) is 6.20 Å². The van der Waals surface area contributed by atoms with Crippen LogP contribution in [0.2, 0.25) is 0 Å². The average molecular weight is 259 g/mol. The minimum atomic E-state index is 0.855. The molecule has 0 spiro atoms. The molecule has 5 heteroatoms. The second-order valence-corrected chi connectivity index (χ2v) is 5.40. The van der Waals surface area contributed by atoms with Crippen LogP contribution in [0, 0.1) is 5.92 Å². The lowest BCUT2D eigenvalue weighted by Gasteiger charge is -2.28. The second kappa shape index (κ2) is 5.57. The molecule has 0 bridgehead atoms. The van der Waals surface area contributed by atoms with Gasteiger partial charge in [-0.05, 0) is 51.4 Å². The molecule has 1 saturated heterocycles. The highest BCUT2D eigenvalue weighted by atomic mass is 15.2. The molecule has 0 aliphatic carbocycles. The Labute approximate surface area is 113 Å². The molecule has 0 saturated carbocycles. The highest BCUT2D eigenvalue weighted by Crippen LogP contribution is 2.20. The highest BCUT2D eigenvalue weighted by Gasteiger charge is 2.16. The molecule has 3 heterocycles. The Morgan fingerprint density at radius 1 is 1.32 bits per heavy atom. The van der Waals surface area contributed by atoms with Crippen LogP contribution in [0.3, 0.4) is 0 Å². The van der Waals surface area contributed by atoms with Crippen molar-refractivity contribution in [2.45, 2.75) is 19.3 Å². The number of nitrogens with zero attached hydrogens (tertiary/aromatic N) is 4.